The maximum atomic E-state index is 11.6. The zero-order chi connectivity index (χ0) is 20.2. The van der Waals surface area contributed by atoms with E-state index in [1.54, 1.807) is 21.3 Å². The fourth-order valence-electron chi connectivity index (χ4n) is 2.04. The number of rotatable bonds is 19. The van der Waals surface area contributed by atoms with Gasteiger partial charge in [0.1, 0.15) is 6.10 Å². The van der Waals surface area contributed by atoms with Crippen molar-refractivity contribution < 1.29 is 33.3 Å². The van der Waals surface area contributed by atoms with Crippen molar-refractivity contribution in [3.8, 4) is 0 Å². The molecule has 27 heavy (non-hydrogen) atoms. The topological polar surface area (TPSA) is 104 Å². The van der Waals surface area contributed by atoms with Crippen LogP contribution < -0.4 is 10.6 Å². The first-order valence-electron chi connectivity index (χ1n) is 9.36. The van der Waals surface area contributed by atoms with Gasteiger partial charge in [0.25, 0.3) is 0 Å². The van der Waals surface area contributed by atoms with E-state index < -0.39 is 0 Å². The van der Waals surface area contributed by atoms with Gasteiger partial charge in [0.2, 0.25) is 11.8 Å². The Hall–Kier alpha value is -1.26. The highest BCUT2D eigenvalue weighted by molar-refractivity contribution is 5.78. The van der Waals surface area contributed by atoms with Crippen LogP contribution in [0.5, 0.6) is 0 Å². The summed E-state index contributed by atoms with van der Waals surface area (Å²) in [6, 6.07) is 0. The molecule has 1 atom stereocenters. The maximum Gasteiger partial charge on any atom is 0.220 e. The van der Waals surface area contributed by atoms with Gasteiger partial charge >= 0.3 is 0 Å². The SMILES string of the molecule is CNC(=O)CCCC(=O)NCCCOCC(COCCOC)OCCOC. The van der Waals surface area contributed by atoms with E-state index in [0.29, 0.717) is 78.5 Å². The van der Waals surface area contributed by atoms with Crippen LogP contribution in [0.1, 0.15) is 25.7 Å². The van der Waals surface area contributed by atoms with Gasteiger partial charge in [-0.2, -0.15) is 0 Å². The van der Waals surface area contributed by atoms with E-state index in [0.717, 1.165) is 0 Å². The van der Waals surface area contributed by atoms with Crippen LogP contribution in [0.4, 0.5) is 0 Å². The molecule has 0 aromatic rings. The molecule has 2 N–H and O–H groups in total. The number of carbonyl (C=O) groups excluding carboxylic acids is 2. The number of nitrogens with one attached hydrogen (secondary N) is 2. The smallest absolute Gasteiger partial charge is 0.220 e. The summed E-state index contributed by atoms with van der Waals surface area (Å²) in [4.78, 5) is 22.7. The Bertz CT molecular complexity index is 370. The summed E-state index contributed by atoms with van der Waals surface area (Å²) in [6.45, 7) is 3.93. The normalized spacial score (nSPS) is 12.0. The summed E-state index contributed by atoms with van der Waals surface area (Å²) < 4.78 is 26.7. The van der Waals surface area contributed by atoms with Gasteiger partial charge in [0.05, 0.1) is 39.6 Å². The van der Waals surface area contributed by atoms with Crippen molar-refractivity contribution in [2.75, 3.05) is 74.1 Å². The van der Waals surface area contributed by atoms with Gasteiger partial charge in [-0.25, -0.2) is 0 Å². The summed E-state index contributed by atoms with van der Waals surface area (Å²) in [5, 5.41) is 5.35. The molecular weight excluding hydrogens is 356 g/mol. The van der Waals surface area contributed by atoms with Crippen molar-refractivity contribution in [1.82, 2.24) is 10.6 Å². The number of methoxy groups -OCH3 is 2. The average molecular weight is 392 g/mol. The predicted molar refractivity (Wildman–Crippen MR) is 101 cm³/mol. The summed E-state index contributed by atoms with van der Waals surface area (Å²) in [5.41, 5.74) is 0. The zero-order valence-electron chi connectivity index (χ0n) is 16.9. The third-order valence-electron chi connectivity index (χ3n) is 3.55. The van der Waals surface area contributed by atoms with E-state index in [4.69, 9.17) is 23.7 Å². The standard InChI is InChI=1S/C18H36N2O7/c1-19-17(21)6-4-7-18(22)20-8-5-9-25-14-16(27-13-11-24-3)15-26-12-10-23-2/h16H,4-15H2,1-3H3,(H,19,21)(H,20,22). The van der Waals surface area contributed by atoms with Crippen molar-refractivity contribution in [3.05, 3.63) is 0 Å². The number of hydrogen-bond acceptors (Lipinski definition) is 7. The monoisotopic (exact) mass is 392 g/mol. The first-order valence-corrected chi connectivity index (χ1v) is 9.36. The zero-order valence-corrected chi connectivity index (χ0v) is 16.9. The molecule has 0 radical (unpaired) electrons. The first kappa shape index (κ1) is 25.7. The maximum absolute atomic E-state index is 11.6. The lowest BCUT2D eigenvalue weighted by atomic mass is 10.2. The van der Waals surface area contributed by atoms with Gasteiger partial charge in [-0.3, -0.25) is 9.59 Å². The van der Waals surface area contributed by atoms with Gasteiger partial charge < -0.3 is 34.3 Å². The average Bonchev–Trinajstić information content (AvgIpc) is 2.67. The second kappa shape index (κ2) is 19.5. The van der Waals surface area contributed by atoms with Crippen LogP contribution in [0, 0.1) is 0 Å². The van der Waals surface area contributed by atoms with Crippen LogP contribution in [-0.2, 0) is 33.3 Å². The predicted octanol–water partition coefficient (Wildman–Crippen LogP) is 0.120. The van der Waals surface area contributed by atoms with Gasteiger partial charge in [-0.05, 0) is 12.8 Å². The molecule has 0 bridgehead atoms. The van der Waals surface area contributed by atoms with E-state index in [-0.39, 0.29) is 17.9 Å². The molecule has 0 saturated heterocycles. The molecule has 1 unspecified atom stereocenters. The molecule has 0 saturated carbocycles. The van der Waals surface area contributed by atoms with Gasteiger partial charge in [0.15, 0.2) is 0 Å². The fraction of sp³-hybridized carbons (Fsp3) is 0.889. The third kappa shape index (κ3) is 17.9. The van der Waals surface area contributed by atoms with E-state index in [1.165, 1.54) is 0 Å². The molecule has 0 aliphatic rings. The van der Waals surface area contributed by atoms with E-state index in [2.05, 4.69) is 10.6 Å². The molecule has 0 spiro atoms. The molecule has 0 heterocycles. The van der Waals surface area contributed by atoms with E-state index in [1.807, 2.05) is 0 Å². The molecule has 0 rings (SSSR count). The molecular formula is C18H36N2O7. The quantitative estimate of drug-likeness (QED) is 0.301. The number of hydrogen-bond donors (Lipinski definition) is 2. The van der Waals surface area contributed by atoms with Gasteiger partial charge in [0, 0.05) is 47.3 Å². The van der Waals surface area contributed by atoms with Crippen LogP contribution in [0.2, 0.25) is 0 Å². The van der Waals surface area contributed by atoms with Crippen LogP contribution in [0.3, 0.4) is 0 Å². The molecule has 9 nitrogen and oxygen atoms in total. The Kier molecular flexibility index (Phi) is 18.6. The van der Waals surface area contributed by atoms with Crippen molar-refractivity contribution in [2.24, 2.45) is 0 Å². The highest BCUT2D eigenvalue weighted by atomic mass is 16.6. The minimum absolute atomic E-state index is 0.0498. The third-order valence-corrected chi connectivity index (χ3v) is 3.55. The van der Waals surface area contributed by atoms with Crippen molar-refractivity contribution in [1.29, 1.82) is 0 Å². The fourth-order valence-corrected chi connectivity index (χ4v) is 2.04. The molecule has 2 amide bonds. The Morgan fingerprint density at radius 3 is 2.11 bits per heavy atom. The molecule has 160 valence electrons. The lowest BCUT2D eigenvalue weighted by molar-refractivity contribution is -0.122. The highest BCUT2D eigenvalue weighted by Crippen LogP contribution is 1.98. The Morgan fingerprint density at radius 2 is 1.44 bits per heavy atom. The highest BCUT2D eigenvalue weighted by Gasteiger charge is 2.10. The van der Waals surface area contributed by atoms with Crippen molar-refractivity contribution >= 4 is 11.8 Å². The van der Waals surface area contributed by atoms with Crippen LogP contribution in [0.25, 0.3) is 0 Å². The molecule has 0 aliphatic heterocycles. The number of ether oxygens (including phenoxy) is 5. The van der Waals surface area contributed by atoms with Crippen molar-refractivity contribution in [2.45, 2.75) is 31.8 Å². The Labute approximate surface area is 162 Å². The largest absolute Gasteiger partial charge is 0.382 e. The lowest BCUT2D eigenvalue weighted by Gasteiger charge is -2.18. The second-order valence-electron chi connectivity index (χ2n) is 5.86. The van der Waals surface area contributed by atoms with Gasteiger partial charge in [-0.1, -0.05) is 0 Å². The minimum atomic E-state index is -0.170. The second-order valence-corrected chi connectivity index (χ2v) is 5.86. The molecule has 9 heteroatoms. The Balaban J connectivity index is 3.72. The van der Waals surface area contributed by atoms with E-state index >= 15 is 0 Å². The summed E-state index contributed by atoms with van der Waals surface area (Å²) in [6.07, 6.45) is 1.80. The number of carbonyl (C=O) groups is 2. The van der Waals surface area contributed by atoms with Crippen LogP contribution >= 0.6 is 0 Å². The molecule has 0 aliphatic carbocycles. The van der Waals surface area contributed by atoms with Crippen molar-refractivity contribution in [3.63, 3.8) is 0 Å². The van der Waals surface area contributed by atoms with E-state index in [9.17, 15) is 9.59 Å². The molecule has 0 aromatic carbocycles. The summed E-state index contributed by atoms with van der Waals surface area (Å²) in [7, 11) is 4.83. The van der Waals surface area contributed by atoms with Gasteiger partial charge in [-0.15, -0.1) is 0 Å². The molecule has 0 fully saturated rings. The van der Waals surface area contributed by atoms with Crippen LogP contribution in [-0.4, -0.2) is 92.0 Å². The summed E-state index contributed by atoms with van der Waals surface area (Å²) in [5.74, 6) is -0.101. The van der Waals surface area contributed by atoms with Crippen LogP contribution in [0.15, 0.2) is 0 Å². The molecule has 0 aromatic heterocycles. The minimum Gasteiger partial charge on any atom is -0.382 e. The summed E-state index contributed by atoms with van der Waals surface area (Å²) >= 11 is 0. The number of amides is 2. The Morgan fingerprint density at radius 1 is 0.815 bits per heavy atom. The lowest BCUT2D eigenvalue weighted by Crippen LogP contribution is -2.29. The first-order chi connectivity index (χ1) is 13.1.